The van der Waals surface area contributed by atoms with E-state index in [2.05, 4.69) is 5.32 Å². The van der Waals surface area contributed by atoms with E-state index in [0.29, 0.717) is 17.2 Å². The number of rotatable bonds is 13. The molecule has 220 valence electrons. The number of carbonyl (C=O) groups excluding carboxylic acids is 2. The molecule has 40 heavy (non-hydrogen) atoms. The van der Waals surface area contributed by atoms with Crippen LogP contribution in [0.3, 0.4) is 0 Å². The maximum absolute atomic E-state index is 13.5. The number of amides is 2. The summed E-state index contributed by atoms with van der Waals surface area (Å²) in [5, 5.41) is 3.41. The maximum Gasteiger partial charge on any atom is 0.242 e. The summed E-state index contributed by atoms with van der Waals surface area (Å²) < 4.78 is 36.8. The molecule has 0 aliphatic heterocycles. The number of sulfonamides is 1. The van der Waals surface area contributed by atoms with E-state index in [1.807, 2.05) is 24.3 Å². The van der Waals surface area contributed by atoms with Gasteiger partial charge >= 0.3 is 0 Å². The Morgan fingerprint density at radius 3 is 2.30 bits per heavy atom. The van der Waals surface area contributed by atoms with Crippen LogP contribution in [0, 0.1) is 0 Å². The van der Waals surface area contributed by atoms with E-state index >= 15 is 0 Å². The Kier molecular flexibility index (Phi) is 11.5. The zero-order chi connectivity index (χ0) is 29.3. The van der Waals surface area contributed by atoms with Gasteiger partial charge in [0.15, 0.2) is 0 Å². The first kappa shape index (κ1) is 31.5. The monoisotopic (exact) mass is 593 g/mol. The minimum absolute atomic E-state index is 0.0626. The second-order valence-electron chi connectivity index (χ2n) is 10.1. The lowest BCUT2D eigenvalue weighted by molar-refractivity contribution is -0.141. The smallest absolute Gasteiger partial charge is 0.242 e. The minimum Gasteiger partial charge on any atom is -0.497 e. The van der Waals surface area contributed by atoms with Gasteiger partial charge in [-0.2, -0.15) is 0 Å². The summed E-state index contributed by atoms with van der Waals surface area (Å²) in [4.78, 5) is 28.3. The molecule has 2 amide bonds. The SMILES string of the molecule is COc1ccc(CN(C(=O)CCCN(c2ccc(OC)c(Cl)c2)S(C)(=O)=O)C(C)C(=O)NC2CCCCC2)cc1. The van der Waals surface area contributed by atoms with E-state index in [9.17, 15) is 18.0 Å². The molecule has 0 saturated heterocycles. The first-order valence-corrected chi connectivity index (χ1v) is 15.8. The van der Waals surface area contributed by atoms with Crippen molar-refractivity contribution in [2.45, 2.75) is 70.5 Å². The standard InChI is InChI=1S/C29H40ClN3O6S/c1-21(29(35)31-23-9-6-5-7-10-23)32(20-22-12-15-25(38-2)16-13-22)28(34)11-8-18-33(40(4,36)37)24-14-17-27(39-3)26(30)19-24/h12-17,19,21,23H,5-11,18,20H2,1-4H3,(H,31,35). The van der Waals surface area contributed by atoms with Crippen molar-refractivity contribution in [1.29, 1.82) is 0 Å². The highest BCUT2D eigenvalue weighted by molar-refractivity contribution is 7.92. The summed E-state index contributed by atoms with van der Waals surface area (Å²) in [7, 11) is -0.574. The fraction of sp³-hybridized carbons (Fsp3) is 0.517. The van der Waals surface area contributed by atoms with E-state index in [1.54, 1.807) is 31.1 Å². The lowest BCUT2D eigenvalue weighted by atomic mass is 9.95. The van der Waals surface area contributed by atoms with Crippen LogP contribution < -0.4 is 19.1 Å². The zero-order valence-electron chi connectivity index (χ0n) is 23.7. The number of anilines is 1. The molecular weight excluding hydrogens is 554 g/mol. The molecule has 1 fully saturated rings. The quantitative estimate of drug-likeness (QED) is 0.359. The van der Waals surface area contributed by atoms with Gasteiger partial charge in [-0.3, -0.25) is 13.9 Å². The van der Waals surface area contributed by atoms with Crippen LogP contribution in [0.25, 0.3) is 0 Å². The van der Waals surface area contributed by atoms with Gasteiger partial charge in [-0.1, -0.05) is 43.0 Å². The summed E-state index contributed by atoms with van der Waals surface area (Å²) in [6, 6.07) is 11.5. The second-order valence-corrected chi connectivity index (χ2v) is 12.5. The van der Waals surface area contributed by atoms with Crippen molar-refractivity contribution >= 4 is 39.1 Å². The van der Waals surface area contributed by atoms with E-state index in [0.717, 1.165) is 37.5 Å². The van der Waals surface area contributed by atoms with Crippen LogP contribution in [-0.4, -0.2) is 64.2 Å². The van der Waals surface area contributed by atoms with Crippen molar-refractivity contribution in [1.82, 2.24) is 10.2 Å². The molecular formula is C29H40ClN3O6S. The molecule has 1 unspecified atom stereocenters. The largest absolute Gasteiger partial charge is 0.497 e. The highest BCUT2D eigenvalue weighted by Gasteiger charge is 2.28. The number of nitrogens with zero attached hydrogens (tertiary/aromatic N) is 2. The molecule has 9 nitrogen and oxygen atoms in total. The van der Waals surface area contributed by atoms with Crippen LogP contribution in [0.15, 0.2) is 42.5 Å². The van der Waals surface area contributed by atoms with Crippen molar-refractivity contribution < 1.29 is 27.5 Å². The maximum atomic E-state index is 13.5. The van der Waals surface area contributed by atoms with Crippen LogP contribution >= 0.6 is 11.6 Å². The summed E-state index contributed by atoms with van der Waals surface area (Å²) >= 11 is 6.23. The van der Waals surface area contributed by atoms with Crippen molar-refractivity contribution in [2.24, 2.45) is 0 Å². The molecule has 1 aliphatic carbocycles. The lowest BCUT2D eigenvalue weighted by Crippen LogP contribution is -2.50. The number of halogens is 1. The van der Waals surface area contributed by atoms with Crippen LogP contribution in [0.1, 0.15) is 57.4 Å². The Hall–Kier alpha value is -2.98. The molecule has 3 rings (SSSR count). The first-order valence-electron chi connectivity index (χ1n) is 13.6. The van der Waals surface area contributed by atoms with Gasteiger partial charge in [-0.15, -0.1) is 0 Å². The number of hydrogen-bond donors (Lipinski definition) is 1. The van der Waals surface area contributed by atoms with Gasteiger partial charge in [0.05, 0.1) is 31.2 Å². The molecule has 2 aromatic rings. The average molecular weight is 594 g/mol. The molecule has 1 aliphatic rings. The first-order chi connectivity index (χ1) is 19.0. The lowest BCUT2D eigenvalue weighted by Gasteiger charge is -2.31. The number of nitrogens with one attached hydrogen (secondary N) is 1. The summed E-state index contributed by atoms with van der Waals surface area (Å²) in [5.41, 5.74) is 1.24. The van der Waals surface area contributed by atoms with Gasteiger partial charge in [0.2, 0.25) is 21.8 Å². The fourth-order valence-corrected chi connectivity index (χ4v) is 6.10. The second kappa shape index (κ2) is 14.6. The van der Waals surface area contributed by atoms with Gasteiger partial charge in [0.25, 0.3) is 0 Å². The van der Waals surface area contributed by atoms with Crippen molar-refractivity contribution in [3.05, 3.63) is 53.1 Å². The van der Waals surface area contributed by atoms with Crippen LogP contribution in [0.2, 0.25) is 5.02 Å². The highest BCUT2D eigenvalue weighted by Crippen LogP contribution is 2.30. The molecule has 0 bridgehead atoms. The van der Waals surface area contributed by atoms with Gasteiger partial charge < -0.3 is 19.7 Å². The van der Waals surface area contributed by atoms with E-state index in [1.165, 1.54) is 23.9 Å². The highest BCUT2D eigenvalue weighted by atomic mass is 35.5. The average Bonchev–Trinajstić information content (AvgIpc) is 2.93. The Bertz CT molecular complexity index is 1250. The zero-order valence-corrected chi connectivity index (χ0v) is 25.3. The van der Waals surface area contributed by atoms with Crippen molar-refractivity contribution in [3.63, 3.8) is 0 Å². The normalized spacial score (nSPS) is 14.7. The minimum atomic E-state index is -3.64. The molecule has 0 heterocycles. The number of hydrogen-bond acceptors (Lipinski definition) is 6. The predicted octanol–water partition coefficient (Wildman–Crippen LogP) is 4.77. The Morgan fingerprint density at radius 1 is 1.05 bits per heavy atom. The Morgan fingerprint density at radius 2 is 1.73 bits per heavy atom. The van der Waals surface area contributed by atoms with Crippen molar-refractivity contribution in [2.75, 3.05) is 31.3 Å². The Balaban J connectivity index is 1.73. The Labute approximate surface area is 242 Å². The van der Waals surface area contributed by atoms with E-state index in [4.69, 9.17) is 21.1 Å². The summed E-state index contributed by atoms with van der Waals surface area (Å²) in [6.07, 6.45) is 6.67. The van der Waals surface area contributed by atoms with Gasteiger partial charge in [-0.05, 0) is 62.1 Å². The van der Waals surface area contributed by atoms with Crippen LogP contribution in [0.5, 0.6) is 11.5 Å². The molecule has 2 aromatic carbocycles. The van der Waals surface area contributed by atoms with Crippen molar-refractivity contribution in [3.8, 4) is 11.5 Å². The molecule has 0 aromatic heterocycles. The number of benzene rings is 2. The van der Waals surface area contributed by atoms with E-state index < -0.39 is 16.1 Å². The third-order valence-corrected chi connectivity index (χ3v) is 8.70. The fourth-order valence-electron chi connectivity index (χ4n) is 4.89. The predicted molar refractivity (Wildman–Crippen MR) is 157 cm³/mol. The van der Waals surface area contributed by atoms with Gasteiger partial charge in [-0.25, -0.2) is 8.42 Å². The summed E-state index contributed by atoms with van der Waals surface area (Å²) in [5.74, 6) is 0.718. The number of ether oxygens (including phenoxy) is 2. The number of carbonyl (C=O) groups is 2. The summed E-state index contributed by atoms with van der Waals surface area (Å²) in [6.45, 7) is 2.06. The molecule has 0 spiro atoms. The molecule has 0 radical (unpaired) electrons. The van der Waals surface area contributed by atoms with Gasteiger partial charge in [0, 0.05) is 25.6 Å². The van der Waals surface area contributed by atoms with Crippen LogP contribution in [-0.2, 0) is 26.2 Å². The molecule has 1 N–H and O–H groups in total. The van der Waals surface area contributed by atoms with Gasteiger partial charge in [0.1, 0.15) is 17.5 Å². The molecule has 11 heteroatoms. The third-order valence-electron chi connectivity index (χ3n) is 7.21. The van der Waals surface area contributed by atoms with Crippen LogP contribution in [0.4, 0.5) is 5.69 Å². The third kappa shape index (κ3) is 8.76. The number of methoxy groups -OCH3 is 2. The molecule has 1 saturated carbocycles. The topological polar surface area (TPSA) is 105 Å². The van der Waals surface area contributed by atoms with E-state index in [-0.39, 0.29) is 48.8 Å². The molecule has 1 atom stereocenters.